The van der Waals surface area contributed by atoms with E-state index in [1.54, 1.807) is 0 Å². The van der Waals surface area contributed by atoms with Gasteiger partial charge < -0.3 is 15.0 Å². The van der Waals surface area contributed by atoms with Crippen LogP contribution in [-0.4, -0.2) is 35.7 Å². The fourth-order valence-electron chi connectivity index (χ4n) is 2.39. The van der Waals surface area contributed by atoms with Crippen molar-refractivity contribution < 1.29 is 9.53 Å². The van der Waals surface area contributed by atoms with Gasteiger partial charge in [0.1, 0.15) is 5.60 Å². The molecule has 1 heterocycles. The van der Waals surface area contributed by atoms with Crippen LogP contribution < -0.4 is 5.32 Å². The van der Waals surface area contributed by atoms with E-state index in [4.69, 9.17) is 4.74 Å². The average molecular weight is 402 g/mol. The van der Waals surface area contributed by atoms with Gasteiger partial charge in [0.25, 0.3) is 0 Å². The van der Waals surface area contributed by atoms with Crippen LogP contribution in [0.3, 0.4) is 0 Å². The Bertz CT molecular complexity index is 499. The highest BCUT2D eigenvalue weighted by atomic mass is 127. The Morgan fingerprint density at radius 3 is 2.76 bits per heavy atom. The Morgan fingerprint density at radius 2 is 2.10 bits per heavy atom. The van der Waals surface area contributed by atoms with E-state index in [0.717, 1.165) is 25.1 Å². The zero-order valence-corrected chi connectivity index (χ0v) is 15.0. The van der Waals surface area contributed by atoms with E-state index in [0.29, 0.717) is 6.54 Å². The second-order valence-electron chi connectivity index (χ2n) is 6.39. The molecule has 0 saturated carbocycles. The molecule has 1 aliphatic heterocycles. The number of piperidine rings is 1. The molecule has 1 unspecified atom stereocenters. The number of likely N-dealkylation sites (tertiary alicyclic amines) is 1. The molecule has 5 heteroatoms. The number of benzene rings is 1. The highest BCUT2D eigenvalue weighted by molar-refractivity contribution is 14.1. The topological polar surface area (TPSA) is 41.6 Å². The van der Waals surface area contributed by atoms with Gasteiger partial charge in [-0.15, -0.1) is 0 Å². The molecule has 1 aromatic rings. The summed E-state index contributed by atoms with van der Waals surface area (Å²) in [4.78, 5) is 14.0. The first kappa shape index (κ1) is 16.4. The van der Waals surface area contributed by atoms with E-state index in [-0.39, 0.29) is 12.1 Å². The first-order valence-electron chi connectivity index (χ1n) is 7.34. The molecular weight excluding hydrogens is 379 g/mol. The lowest BCUT2D eigenvalue weighted by atomic mass is 10.1. The summed E-state index contributed by atoms with van der Waals surface area (Å²) in [5.74, 6) is 0. The van der Waals surface area contributed by atoms with Crippen LogP contribution in [0.25, 0.3) is 0 Å². The maximum atomic E-state index is 12.2. The number of hydrogen-bond donors (Lipinski definition) is 1. The molecule has 0 spiro atoms. The third kappa shape index (κ3) is 5.05. The minimum absolute atomic E-state index is 0.211. The summed E-state index contributed by atoms with van der Waals surface area (Å²) < 4.78 is 6.66. The van der Waals surface area contributed by atoms with Gasteiger partial charge in [-0.1, -0.05) is 12.1 Å². The van der Waals surface area contributed by atoms with Crippen molar-refractivity contribution in [3.05, 3.63) is 27.8 Å². The standard InChI is InChI=1S/C16H23IN2O2/c1-16(2,3)21-15(20)19-10-6-7-12(11-19)18-14-9-5-4-8-13(14)17/h4-5,8-9,12,18H,6-7,10-11H2,1-3H3. The first-order chi connectivity index (χ1) is 9.85. The number of carbonyl (C=O) groups is 1. The van der Waals surface area contributed by atoms with Gasteiger partial charge in [0, 0.05) is 28.4 Å². The molecule has 1 N–H and O–H groups in total. The minimum atomic E-state index is -0.438. The van der Waals surface area contributed by atoms with Gasteiger partial charge in [-0.05, 0) is 68.3 Å². The summed E-state index contributed by atoms with van der Waals surface area (Å²) in [6.45, 7) is 7.17. The third-order valence-electron chi connectivity index (χ3n) is 3.31. The van der Waals surface area contributed by atoms with Crippen molar-refractivity contribution in [1.29, 1.82) is 0 Å². The number of anilines is 1. The molecule has 4 nitrogen and oxygen atoms in total. The molecule has 1 saturated heterocycles. The van der Waals surface area contributed by atoms with Crippen LogP contribution in [0.1, 0.15) is 33.6 Å². The highest BCUT2D eigenvalue weighted by Crippen LogP contribution is 2.22. The van der Waals surface area contributed by atoms with Crippen LogP contribution in [0.2, 0.25) is 0 Å². The summed E-state index contributed by atoms with van der Waals surface area (Å²) in [6.07, 6.45) is 1.86. The second kappa shape index (κ2) is 6.85. The quantitative estimate of drug-likeness (QED) is 0.758. The molecule has 1 aliphatic rings. The van der Waals surface area contributed by atoms with Gasteiger partial charge in [-0.25, -0.2) is 4.79 Å². The molecule has 0 aliphatic carbocycles. The van der Waals surface area contributed by atoms with E-state index in [2.05, 4.69) is 40.0 Å². The minimum Gasteiger partial charge on any atom is -0.444 e. The van der Waals surface area contributed by atoms with Gasteiger partial charge in [-0.3, -0.25) is 0 Å². The van der Waals surface area contributed by atoms with Gasteiger partial charge in [0.05, 0.1) is 0 Å². The predicted octanol–water partition coefficient (Wildman–Crippen LogP) is 4.10. The number of rotatable bonds is 2. The van der Waals surface area contributed by atoms with Crippen molar-refractivity contribution in [2.24, 2.45) is 0 Å². The normalized spacial score (nSPS) is 19.2. The molecule has 1 aromatic carbocycles. The Morgan fingerprint density at radius 1 is 1.38 bits per heavy atom. The molecule has 21 heavy (non-hydrogen) atoms. The summed E-state index contributed by atoms with van der Waals surface area (Å²) in [7, 11) is 0. The zero-order chi connectivity index (χ0) is 15.5. The van der Waals surface area contributed by atoms with Crippen LogP contribution in [0.5, 0.6) is 0 Å². The molecule has 0 bridgehead atoms. The van der Waals surface area contributed by atoms with Crippen molar-refractivity contribution in [2.75, 3.05) is 18.4 Å². The summed E-state index contributed by atoms with van der Waals surface area (Å²) in [6, 6.07) is 8.49. The zero-order valence-electron chi connectivity index (χ0n) is 12.9. The van der Waals surface area contributed by atoms with Crippen LogP contribution in [-0.2, 0) is 4.74 Å². The molecule has 0 radical (unpaired) electrons. The highest BCUT2D eigenvalue weighted by Gasteiger charge is 2.27. The monoisotopic (exact) mass is 402 g/mol. The number of para-hydroxylation sites is 1. The number of hydrogen-bond acceptors (Lipinski definition) is 3. The molecule has 1 atom stereocenters. The Hall–Kier alpha value is -0.980. The van der Waals surface area contributed by atoms with Crippen LogP contribution in [0, 0.1) is 3.57 Å². The smallest absolute Gasteiger partial charge is 0.410 e. The molecule has 1 fully saturated rings. The van der Waals surface area contributed by atoms with Crippen molar-refractivity contribution in [3.63, 3.8) is 0 Å². The van der Waals surface area contributed by atoms with E-state index in [9.17, 15) is 4.79 Å². The Labute approximate surface area is 140 Å². The maximum Gasteiger partial charge on any atom is 0.410 e. The van der Waals surface area contributed by atoms with Gasteiger partial charge >= 0.3 is 6.09 Å². The van der Waals surface area contributed by atoms with Crippen molar-refractivity contribution in [3.8, 4) is 0 Å². The summed E-state index contributed by atoms with van der Waals surface area (Å²) in [5.41, 5.74) is 0.695. The lowest BCUT2D eigenvalue weighted by Gasteiger charge is -2.35. The Kier molecular flexibility index (Phi) is 5.35. The third-order valence-corrected chi connectivity index (χ3v) is 4.25. The molecule has 0 aromatic heterocycles. The van der Waals surface area contributed by atoms with Crippen molar-refractivity contribution in [1.82, 2.24) is 4.90 Å². The van der Waals surface area contributed by atoms with Gasteiger partial charge in [0.15, 0.2) is 0 Å². The number of halogens is 1. The molecule has 116 valence electrons. The van der Waals surface area contributed by atoms with Gasteiger partial charge in [-0.2, -0.15) is 0 Å². The van der Waals surface area contributed by atoms with Crippen molar-refractivity contribution in [2.45, 2.75) is 45.3 Å². The predicted molar refractivity (Wildman–Crippen MR) is 93.6 cm³/mol. The lowest BCUT2D eigenvalue weighted by molar-refractivity contribution is 0.0206. The number of carbonyl (C=O) groups excluding carboxylic acids is 1. The van der Waals surface area contributed by atoms with E-state index in [1.807, 2.05) is 37.8 Å². The lowest BCUT2D eigenvalue weighted by Crippen LogP contribution is -2.47. The summed E-state index contributed by atoms with van der Waals surface area (Å²) >= 11 is 2.33. The number of amides is 1. The maximum absolute atomic E-state index is 12.2. The van der Waals surface area contributed by atoms with E-state index in [1.165, 1.54) is 3.57 Å². The van der Waals surface area contributed by atoms with Crippen LogP contribution in [0.15, 0.2) is 24.3 Å². The molecule has 2 rings (SSSR count). The second-order valence-corrected chi connectivity index (χ2v) is 7.55. The van der Waals surface area contributed by atoms with Crippen molar-refractivity contribution >= 4 is 34.4 Å². The van der Waals surface area contributed by atoms with Crippen LogP contribution >= 0.6 is 22.6 Å². The van der Waals surface area contributed by atoms with E-state index < -0.39 is 5.60 Å². The fraction of sp³-hybridized carbons (Fsp3) is 0.562. The first-order valence-corrected chi connectivity index (χ1v) is 8.42. The largest absolute Gasteiger partial charge is 0.444 e. The van der Waals surface area contributed by atoms with Gasteiger partial charge in [0.2, 0.25) is 0 Å². The number of nitrogens with zero attached hydrogens (tertiary/aromatic N) is 1. The fourth-order valence-corrected chi connectivity index (χ4v) is 2.93. The number of nitrogens with one attached hydrogen (secondary N) is 1. The molecular formula is C16H23IN2O2. The number of ether oxygens (including phenoxy) is 1. The average Bonchev–Trinajstić information content (AvgIpc) is 2.40. The molecule has 1 amide bonds. The van der Waals surface area contributed by atoms with E-state index >= 15 is 0 Å². The van der Waals surface area contributed by atoms with Crippen LogP contribution in [0.4, 0.5) is 10.5 Å². The Balaban J connectivity index is 1.95. The SMILES string of the molecule is CC(C)(C)OC(=O)N1CCCC(Nc2ccccc2I)C1. The summed E-state index contributed by atoms with van der Waals surface area (Å²) in [5, 5.41) is 3.54.